The van der Waals surface area contributed by atoms with Crippen LogP contribution >= 0.6 is 0 Å². The second kappa shape index (κ2) is 3.95. The Labute approximate surface area is 100 Å². The van der Waals surface area contributed by atoms with Gasteiger partial charge in [-0.15, -0.1) is 0 Å². The topological polar surface area (TPSA) is 55.8 Å². The minimum Gasteiger partial charge on any atom is -0.489 e. The van der Waals surface area contributed by atoms with Crippen molar-refractivity contribution in [2.24, 2.45) is 5.41 Å². The predicted molar refractivity (Wildman–Crippen MR) is 62.9 cm³/mol. The van der Waals surface area contributed by atoms with E-state index in [0.29, 0.717) is 30.3 Å². The van der Waals surface area contributed by atoms with Gasteiger partial charge in [0.15, 0.2) is 11.5 Å². The van der Waals surface area contributed by atoms with E-state index in [4.69, 9.17) is 14.6 Å². The highest BCUT2D eigenvalue weighted by Crippen LogP contribution is 2.35. The molecule has 1 N–H and O–H groups in total. The maximum Gasteiger partial charge on any atom is 0.336 e. The Bertz CT molecular complexity index is 463. The van der Waals surface area contributed by atoms with E-state index in [0.717, 1.165) is 0 Å². The van der Waals surface area contributed by atoms with Crippen molar-refractivity contribution >= 4 is 5.97 Å². The van der Waals surface area contributed by atoms with Crippen LogP contribution in [0.1, 0.15) is 29.8 Å². The summed E-state index contributed by atoms with van der Waals surface area (Å²) in [5, 5.41) is 9.04. The zero-order chi connectivity index (χ0) is 12.6. The highest BCUT2D eigenvalue weighted by molar-refractivity contribution is 5.90. The van der Waals surface area contributed by atoms with Crippen LogP contribution in [0.3, 0.4) is 0 Å². The van der Waals surface area contributed by atoms with Gasteiger partial charge in [-0.3, -0.25) is 0 Å². The fourth-order valence-corrected chi connectivity index (χ4v) is 1.71. The van der Waals surface area contributed by atoms with E-state index in [2.05, 4.69) is 0 Å². The molecule has 1 aliphatic heterocycles. The SMILES string of the molecule is Cc1cc2c(cc1C(=O)O)OCC(C)(C)CO2. The maximum absolute atomic E-state index is 11.0. The van der Waals surface area contributed by atoms with Crippen LogP contribution < -0.4 is 9.47 Å². The first-order valence-corrected chi connectivity index (χ1v) is 5.53. The molecule has 17 heavy (non-hydrogen) atoms. The van der Waals surface area contributed by atoms with Crippen LogP contribution in [0.25, 0.3) is 0 Å². The summed E-state index contributed by atoms with van der Waals surface area (Å²) in [6, 6.07) is 3.26. The Morgan fingerprint density at radius 2 is 1.76 bits per heavy atom. The number of hydrogen-bond acceptors (Lipinski definition) is 3. The van der Waals surface area contributed by atoms with Gasteiger partial charge in [0, 0.05) is 5.41 Å². The quantitative estimate of drug-likeness (QED) is 0.813. The lowest BCUT2D eigenvalue weighted by Crippen LogP contribution is -2.26. The summed E-state index contributed by atoms with van der Waals surface area (Å²) in [4.78, 5) is 11.0. The fraction of sp³-hybridized carbons (Fsp3) is 0.462. The molecule has 4 heteroatoms. The molecule has 0 spiro atoms. The molecular weight excluding hydrogens is 220 g/mol. The summed E-state index contributed by atoms with van der Waals surface area (Å²) in [5.41, 5.74) is 0.864. The number of carboxylic acid groups (broad SMARTS) is 1. The minimum atomic E-state index is -0.947. The van der Waals surface area contributed by atoms with Gasteiger partial charge in [0.2, 0.25) is 0 Å². The summed E-state index contributed by atoms with van der Waals surface area (Å²) in [6.45, 7) is 6.92. The molecule has 0 aliphatic carbocycles. The number of hydrogen-bond donors (Lipinski definition) is 1. The molecule has 0 unspecified atom stereocenters. The lowest BCUT2D eigenvalue weighted by Gasteiger charge is -2.19. The number of aromatic carboxylic acids is 1. The van der Waals surface area contributed by atoms with E-state index in [-0.39, 0.29) is 11.0 Å². The van der Waals surface area contributed by atoms with Crippen molar-refractivity contribution in [2.75, 3.05) is 13.2 Å². The molecule has 0 atom stereocenters. The van der Waals surface area contributed by atoms with Gasteiger partial charge in [0.1, 0.15) is 0 Å². The molecule has 0 fully saturated rings. The molecule has 92 valence electrons. The number of carbonyl (C=O) groups is 1. The third-order valence-corrected chi connectivity index (χ3v) is 2.76. The molecule has 1 heterocycles. The van der Waals surface area contributed by atoms with E-state index < -0.39 is 5.97 Å². The molecule has 2 rings (SSSR count). The standard InChI is InChI=1S/C13H16O4/c1-8-4-10-11(5-9(8)12(14)15)17-7-13(2,3)6-16-10/h4-5H,6-7H2,1-3H3,(H,14,15). The lowest BCUT2D eigenvalue weighted by atomic mass is 9.97. The van der Waals surface area contributed by atoms with Crippen molar-refractivity contribution in [3.63, 3.8) is 0 Å². The van der Waals surface area contributed by atoms with Crippen LogP contribution in [0.4, 0.5) is 0 Å². The third-order valence-electron chi connectivity index (χ3n) is 2.76. The molecule has 0 bridgehead atoms. The number of carboxylic acids is 1. The van der Waals surface area contributed by atoms with Gasteiger partial charge < -0.3 is 14.6 Å². The van der Waals surface area contributed by atoms with Gasteiger partial charge in [-0.1, -0.05) is 13.8 Å². The maximum atomic E-state index is 11.0. The van der Waals surface area contributed by atoms with Crippen molar-refractivity contribution < 1.29 is 19.4 Å². The third kappa shape index (κ3) is 2.35. The van der Waals surface area contributed by atoms with Crippen molar-refractivity contribution in [1.29, 1.82) is 0 Å². The van der Waals surface area contributed by atoms with Crippen molar-refractivity contribution in [1.82, 2.24) is 0 Å². The number of benzene rings is 1. The average Bonchev–Trinajstić information content (AvgIpc) is 2.37. The zero-order valence-corrected chi connectivity index (χ0v) is 10.2. The predicted octanol–water partition coefficient (Wildman–Crippen LogP) is 2.49. The Morgan fingerprint density at radius 3 is 2.29 bits per heavy atom. The summed E-state index contributed by atoms with van der Waals surface area (Å²) in [7, 11) is 0. The Kier molecular flexibility index (Phi) is 2.73. The fourth-order valence-electron chi connectivity index (χ4n) is 1.71. The lowest BCUT2D eigenvalue weighted by molar-refractivity contribution is 0.0695. The summed E-state index contributed by atoms with van der Waals surface area (Å²) >= 11 is 0. The Hall–Kier alpha value is -1.71. The first-order chi connectivity index (χ1) is 7.89. The van der Waals surface area contributed by atoms with E-state index in [1.165, 1.54) is 6.07 Å². The van der Waals surface area contributed by atoms with Gasteiger partial charge in [-0.25, -0.2) is 4.79 Å². The first kappa shape index (κ1) is 11.8. The first-order valence-electron chi connectivity index (χ1n) is 5.53. The highest BCUT2D eigenvalue weighted by atomic mass is 16.5. The monoisotopic (exact) mass is 236 g/mol. The van der Waals surface area contributed by atoms with Gasteiger partial charge >= 0.3 is 5.97 Å². The van der Waals surface area contributed by atoms with Crippen LogP contribution in [-0.2, 0) is 0 Å². The molecule has 0 aromatic heterocycles. The molecule has 0 radical (unpaired) electrons. The van der Waals surface area contributed by atoms with Crippen LogP contribution in [-0.4, -0.2) is 24.3 Å². The smallest absolute Gasteiger partial charge is 0.336 e. The highest BCUT2D eigenvalue weighted by Gasteiger charge is 2.26. The van der Waals surface area contributed by atoms with Crippen molar-refractivity contribution in [3.05, 3.63) is 23.3 Å². The van der Waals surface area contributed by atoms with Gasteiger partial charge in [0.05, 0.1) is 18.8 Å². The van der Waals surface area contributed by atoms with E-state index in [1.807, 2.05) is 13.8 Å². The normalized spacial score (nSPS) is 17.4. The largest absolute Gasteiger partial charge is 0.489 e. The summed E-state index contributed by atoms with van der Waals surface area (Å²) < 4.78 is 11.3. The number of fused-ring (bicyclic) bond motifs is 1. The number of rotatable bonds is 1. The van der Waals surface area contributed by atoms with Crippen LogP contribution in [0.15, 0.2) is 12.1 Å². The van der Waals surface area contributed by atoms with Crippen LogP contribution in [0, 0.1) is 12.3 Å². The van der Waals surface area contributed by atoms with E-state index >= 15 is 0 Å². The number of ether oxygens (including phenoxy) is 2. The van der Waals surface area contributed by atoms with Gasteiger partial charge in [-0.2, -0.15) is 0 Å². The summed E-state index contributed by atoms with van der Waals surface area (Å²) in [6.07, 6.45) is 0. The van der Waals surface area contributed by atoms with Gasteiger partial charge in [0.25, 0.3) is 0 Å². The zero-order valence-electron chi connectivity index (χ0n) is 10.2. The van der Waals surface area contributed by atoms with Crippen molar-refractivity contribution in [2.45, 2.75) is 20.8 Å². The molecule has 1 aromatic rings. The van der Waals surface area contributed by atoms with Crippen molar-refractivity contribution in [3.8, 4) is 11.5 Å². The Morgan fingerprint density at radius 1 is 1.24 bits per heavy atom. The molecule has 0 saturated carbocycles. The molecule has 0 amide bonds. The second-order valence-corrected chi connectivity index (χ2v) is 5.16. The molecular formula is C13H16O4. The summed E-state index contributed by atoms with van der Waals surface area (Å²) in [5.74, 6) is 0.189. The minimum absolute atomic E-state index is 0.0731. The molecule has 1 aromatic carbocycles. The molecule has 1 aliphatic rings. The second-order valence-electron chi connectivity index (χ2n) is 5.16. The van der Waals surface area contributed by atoms with Crippen LogP contribution in [0.5, 0.6) is 11.5 Å². The molecule has 0 saturated heterocycles. The average molecular weight is 236 g/mol. The van der Waals surface area contributed by atoms with Gasteiger partial charge in [-0.05, 0) is 24.6 Å². The number of aryl methyl sites for hydroxylation is 1. The Balaban J connectivity index is 2.41. The molecule has 4 nitrogen and oxygen atoms in total. The van der Waals surface area contributed by atoms with E-state index in [1.54, 1.807) is 13.0 Å². The van der Waals surface area contributed by atoms with Crippen LogP contribution in [0.2, 0.25) is 0 Å². The van der Waals surface area contributed by atoms with E-state index in [9.17, 15) is 4.79 Å².